The van der Waals surface area contributed by atoms with Crippen molar-refractivity contribution < 1.29 is 31.1 Å². The molecule has 4 aromatic rings. The maximum atomic E-state index is 14.6. The number of halogens is 3. The molecule has 268 valence electrons. The number of aryl methyl sites for hydroxylation is 3. The molecule has 9 nitrogen and oxygen atoms in total. The minimum atomic E-state index is -4.39. The maximum absolute atomic E-state index is 14.6. The number of piperidine rings is 1. The topological polar surface area (TPSA) is 88.1 Å². The fraction of sp³-hybridized carbons (Fsp3) is 0.405. The molecule has 0 unspecified atom stereocenters. The molecule has 0 spiro atoms. The summed E-state index contributed by atoms with van der Waals surface area (Å²) in [4.78, 5) is 12.9. The average Bonchev–Trinajstić information content (AvgIpc) is 3.09. The Morgan fingerprint density at radius 3 is 2.34 bits per heavy atom. The lowest BCUT2D eigenvalue weighted by Gasteiger charge is -2.48. The van der Waals surface area contributed by atoms with Crippen molar-refractivity contribution >= 4 is 21.5 Å². The molecule has 0 saturated carbocycles. The molecule has 0 radical (unpaired) electrons. The van der Waals surface area contributed by atoms with Crippen LogP contribution in [0.1, 0.15) is 47.1 Å². The van der Waals surface area contributed by atoms with Gasteiger partial charge in [-0.05, 0) is 101 Å². The zero-order valence-electron chi connectivity index (χ0n) is 29.3. The number of hydrogen-bond acceptors (Lipinski definition) is 8. The SMILES string of the molecule is COc1ccc(CN(c2ccncn2)S(=O)(=O)c2c(C)cc(N3CCC[C@](CCc4cccc(C(F)(F)F)c4)(N(C)C)C3)cc2C)c(OC)c1. The molecule has 1 aromatic heterocycles. The van der Waals surface area contributed by atoms with Crippen molar-refractivity contribution in [2.75, 3.05) is 50.6 Å². The first-order valence-electron chi connectivity index (χ1n) is 16.4. The number of ether oxygens (including phenoxy) is 2. The smallest absolute Gasteiger partial charge is 0.416 e. The normalized spacial score (nSPS) is 16.8. The van der Waals surface area contributed by atoms with E-state index in [-0.39, 0.29) is 22.8 Å². The van der Waals surface area contributed by atoms with Crippen LogP contribution >= 0.6 is 0 Å². The van der Waals surface area contributed by atoms with Crippen LogP contribution in [0.15, 0.2) is 78.1 Å². The van der Waals surface area contributed by atoms with Crippen molar-refractivity contribution in [3.05, 3.63) is 101 Å². The van der Waals surface area contributed by atoms with Gasteiger partial charge in [-0.3, -0.25) is 0 Å². The Labute approximate surface area is 292 Å². The van der Waals surface area contributed by atoms with Crippen molar-refractivity contribution in [1.82, 2.24) is 14.9 Å². The molecule has 3 aromatic carbocycles. The third kappa shape index (κ3) is 7.83. The number of anilines is 2. The van der Waals surface area contributed by atoms with Gasteiger partial charge in [0.15, 0.2) is 0 Å². The van der Waals surface area contributed by atoms with Gasteiger partial charge < -0.3 is 19.3 Å². The molecule has 0 aliphatic carbocycles. The van der Waals surface area contributed by atoms with E-state index in [1.807, 2.05) is 26.2 Å². The van der Waals surface area contributed by atoms with Crippen LogP contribution in [0.25, 0.3) is 0 Å². The molecule has 1 fully saturated rings. The number of likely N-dealkylation sites (N-methyl/N-ethyl adjacent to an activating group) is 1. The average molecular weight is 712 g/mol. The number of hydrogen-bond donors (Lipinski definition) is 0. The van der Waals surface area contributed by atoms with Crippen LogP contribution in [0, 0.1) is 13.8 Å². The fourth-order valence-corrected chi connectivity index (χ4v) is 8.71. The molecule has 1 aliphatic rings. The Bertz CT molecular complexity index is 1880. The van der Waals surface area contributed by atoms with Crippen molar-refractivity contribution in [3.63, 3.8) is 0 Å². The number of sulfonamides is 1. The van der Waals surface area contributed by atoms with E-state index < -0.39 is 21.8 Å². The number of methoxy groups -OCH3 is 2. The zero-order chi connectivity index (χ0) is 36.3. The quantitative estimate of drug-likeness (QED) is 0.155. The number of aromatic nitrogens is 2. The van der Waals surface area contributed by atoms with Crippen LogP contribution in [0.4, 0.5) is 24.7 Å². The van der Waals surface area contributed by atoms with E-state index in [1.165, 1.54) is 36.1 Å². The molecule has 1 aliphatic heterocycles. The van der Waals surface area contributed by atoms with Crippen LogP contribution < -0.4 is 18.7 Å². The first kappa shape index (κ1) is 36.9. The molecule has 2 heterocycles. The van der Waals surface area contributed by atoms with Gasteiger partial charge in [-0.15, -0.1) is 0 Å². The number of rotatable bonds is 12. The summed E-state index contributed by atoms with van der Waals surface area (Å²) < 4.78 is 81.5. The van der Waals surface area contributed by atoms with Crippen molar-refractivity contribution in [2.45, 2.75) is 62.7 Å². The van der Waals surface area contributed by atoms with E-state index in [0.717, 1.165) is 31.1 Å². The minimum Gasteiger partial charge on any atom is -0.497 e. The molecule has 0 bridgehead atoms. The lowest BCUT2D eigenvalue weighted by atomic mass is 9.82. The standard InChI is InChI=1S/C37H44F3N5O4S/c1-26-19-31(44-18-8-15-36(24-44,43(3)4)16-13-28-9-7-10-30(21-28)37(38,39)40)20-27(2)35(26)50(46,47)45(34-14-17-41-25-42-34)23-29-11-12-32(48-5)22-33(29)49-6/h7,9-12,14,17,19-22,25H,8,13,15-16,18,23-24H2,1-6H3/t36-/m1/s1. The van der Waals surface area contributed by atoms with E-state index in [4.69, 9.17) is 9.47 Å². The highest BCUT2D eigenvalue weighted by atomic mass is 32.2. The Morgan fingerprint density at radius 1 is 0.980 bits per heavy atom. The summed E-state index contributed by atoms with van der Waals surface area (Å²) in [5.41, 5.74) is 2.42. The van der Waals surface area contributed by atoms with E-state index in [0.29, 0.717) is 53.1 Å². The van der Waals surface area contributed by atoms with Gasteiger partial charge in [0.25, 0.3) is 10.0 Å². The Kier molecular flexibility index (Phi) is 11.0. The van der Waals surface area contributed by atoms with Gasteiger partial charge in [0.05, 0.1) is 31.2 Å². The van der Waals surface area contributed by atoms with Gasteiger partial charge in [0.2, 0.25) is 0 Å². The van der Waals surface area contributed by atoms with Crippen LogP contribution in [0.5, 0.6) is 11.5 Å². The van der Waals surface area contributed by atoms with Crippen molar-refractivity contribution in [2.24, 2.45) is 0 Å². The molecular formula is C37H44F3N5O4S. The summed E-state index contributed by atoms with van der Waals surface area (Å²) in [6, 6.07) is 16.2. The lowest BCUT2D eigenvalue weighted by Crippen LogP contribution is -2.56. The van der Waals surface area contributed by atoms with Crippen LogP contribution in [0.2, 0.25) is 0 Å². The summed E-state index contributed by atoms with van der Waals surface area (Å²) in [6.45, 7) is 4.97. The molecule has 1 saturated heterocycles. The van der Waals surface area contributed by atoms with Crippen molar-refractivity contribution in [3.8, 4) is 11.5 Å². The summed E-state index contributed by atoms with van der Waals surface area (Å²) in [5.74, 6) is 1.27. The molecular weight excluding hydrogens is 667 g/mol. The summed E-state index contributed by atoms with van der Waals surface area (Å²) in [6.07, 6.45) is 1.37. The maximum Gasteiger partial charge on any atom is 0.416 e. The summed E-state index contributed by atoms with van der Waals surface area (Å²) in [5, 5.41) is 0. The number of benzene rings is 3. The third-order valence-corrected chi connectivity index (χ3v) is 11.7. The van der Waals surface area contributed by atoms with Gasteiger partial charge in [-0.25, -0.2) is 22.7 Å². The van der Waals surface area contributed by atoms with Gasteiger partial charge >= 0.3 is 6.18 Å². The van der Waals surface area contributed by atoms with E-state index in [2.05, 4.69) is 19.8 Å². The summed E-state index contributed by atoms with van der Waals surface area (Å²) in [7, 11) is 2.96. The van der Waals surface area contributed by atoms with Crippen LogP contribution in [0.3, 0.4) is 0 Å². The third-order valence-electron chi connectivity index (χ3n) is 9.63. The molecule has 0 amide bonds. The fourth-order valence-electron chi connectivity index (χ4n) is 6.89. The van der Waals surface area contributed by atoms with E-state index in [1.54, 1.807) is 51.3 Å². The number of nitrogens with zero attached hydrogens (tertiary/aromatic N) is 5. The zero-order valence-corrected chi connectivity index (χ0v) is 30.1. The minimum absolute atomic E-state index is 0.0451. The van der Waals surface area contributed by atoms with Gasteiger partial charge in [-0.1, -0.05) is 18.2 Å². The molecule has 50 heavy (non-hydrogen) atoms. The monoisotopic (exact) mass is 711 g/mol. The van der Waals surface area contributed by atoms with E-state index >= 15 is 0 Å². The molecule has 5 rings (SSSR count). The largest absolute Gasteiger partial charge is 0.497 e. The molecule has 1 atom stereocenters. The highest BCUT2D eigenvalue weighted by Gasteiger charge is 2.38. The molecule has 13 heteroatoms. The second kappa shape index (κ2) is 14.9. The predicted octanol–water partition coefficient (Wildman–Crippen LogP) is 7.06. The first-order chi connectivity index (χ1) is 23.7. The second-order valence-electron chi connectivity index (χ2n) is 13.0. The lowest BCUT2D eigenvalue weighted by molar-refractivity contribution is -0.137. The summed E-state index contributed by atoms with van der Waals surface area (Å²) >= 11 is 0. The van der Waals surface area contributed by atoms with Crippen LogP contribution in [-0.2, 0) is 29.2 Å². The van der Waals surface area contributed by atoms with Gasteiger partial charge in [0.1, 0.15) is 23.6 Å². The second-order valence-corrected chi connectivity index (χ2v) is 14.8. The Morgan fingerprint density at radius 2 is 1.72 bits per heavy atom. The number of alkyl halides is 3. The van der Waals surface area contributed by atoms with Crippen LogP contribution in [-0.4, -0.2) is 70.2 Å². The highest BCUT2D eigenvalue weighted by molar-refractivity contribution is 7.92. The van der Waals surface area contributed by atoms with Crippen molar-refractivity contribution in [1.29, 1.82) is 0 Å². The van der Waals surface area contributed by atoms with E-state index in [9.17, 15) is 21.6 Å². The van der Waals surface area contributed by atoms with Gasteiger partial charge in [-0.2, -0.15) is 13.2 Å². The first-order valence-corrected chi connectivity index (χ1v) is 17.8. The highest BCUT2D eigenvalue weighted by Crippen LogP contribution is 2.38. The van der Waals surface area contributed by atoms with Gasteiger partial charge in [0, 0.05) is 48.2 Å². The Balaban J connectivity index is 1.45. The Hall–Kier alpha value is -4.36. The molecule has 0 N–H and O–H groups in total. The predicted molar refractivity (Wildman–Crippen MR) is 188 cm³/mol.